The van der Waals surface area contributed by atoms with Gasteiger partial charge in [0.2, 0.25) is 23.8 Å². The molecule has 2 aliphatic heterocycles. The number of hydrogen-bond donors (Lipinski definition) is 3. The van der Waals surface area contributed by atoms with Gasteiger partial charge in [0.05, 0.1) is 19.4 Å². The fourth-order valence-corrected chi connectivity index (χ4v) is 4.03. The maximum absolute atomic E-state index is 12.9. The number of aromatic amines is 1. The van der Waals surface area contributed by atoms with E-state index in [1.807, 2.05) is 11.0 Å². The van der Waals surface area contributed by atoms with Crippen molar-refractivity contribution < 1.29 is 9.53 Å². The Kier molecular flexibility index (Phi) is 5.37. The number of nitrogens with zero attached hydrogens (tertiary/aromatic N) is 8. The lowest BCUT2D eigenvalue weighted by Crippen LogP contribution is -2.55. The summed E-state index contributed by atoms with van der Waals surface area (Å²) in [5.41, 5.74) is 1.12. The summed E-state index contributed by atoms with van der Waals surface area (Å²) in [5, 5.41) is 13.5. The number of anilines is 5. The molecule has 6 rings (SSSR count). The van der Waals surface area contributed by atoms with Gasteiger partial charge in [0.15, 0.2) is 11.6 Å². The lowest BCUT2D eigenvalue weighted by atomic mass is 10.0. The third-order valence-electron chi connectivity index (χ3n) is 6.15. The first-order chi connectivity index (χ1) is 16.7. The molecule has 3 aliphatic rings. The predicted octanol–water partition coefficient (Wildman–Crippen LogP) is 1.06. The Labute approximate surface area is 195 Å². The number of H-pyrrole nitrogens is 1. The van der Waals surface area contributed by atoms with E-state index in [2.05, 4.69) is 45.7 Å². The molecule has 1 amide bonds. The number of amides is 1. The Morgan fingerprint density at radius 2 is 1.88 bits per heavy atom. The highest BCUT2D eigenvalue weighted by Gasteiger charge is 2.37. The summed E-state index contributed by atoms with van der Waals surface area (Å²) in [4.78, 5) is 38.9. The molecular formula is C21H25N11O2. The number of carbonyl (C=O) groups is 1. The van der Waals surface area contributed by atoms with E-state index in [9.17, 15) is 4.79 Å². The summed E-state index contributed by atoms with van der Waals surface area (Å²) < 4.78 is 5.48. The minimum Gasteiger partial charge on any atom is -0.378 e. The molecule has 1 unspecified atom stereocenters. The molecule has 3 aromatic rings. The zero-order valence-electron chi connectivity index (χ0n) is 18.5. The van der Waals surface area contributed by atoms with Crippen LogP contribution in [0.3, 0.4) is 0 Å². The Bertz CT molecular complexity index is 1160. The molecule has 1 atom stereocenters. The van der Waals surface area contributed by atoms with Gasteiger partial charge in [0, 0.05) is 49.7 Å². The molecule has 0 aromatic carbocycles. The Morgan fingerprint density at radius 3 is 2.62 bits per heavy atom. The van der Waals surface area contributed by atoms with Gasteiger partial charge in [-0.3, -0.25) is 14.9 Å². The van der Waals surface area contributed by atoms with Crippen LogP contribution in [0.2, 0.25) is 0 Å². The molecule has 3 fully saturated rings. The molecule has 3 N–H and O–H groups in total. The molecule has 176 valence electrons. The first-order valence-electron chi connectivity index (χ1n) is 11.5. The predicted molar refractivity (Wildman–Crippen MR) is 123 cm³/mol. The minimum absolute atomic E-state index is 0.170. The highest BCUT2D eigenvalue weighted by molar-refractivity contribution is 5.97. The third kappa shape index (κ3) is 4.33. The fourth-order valence-electron chi connectivity index (χ4n) is 4.03. The third-order valence-corrected chi connectivity index (χ3v) is 6.15. The van der Waals surface area contributed by atoms with Gasteiger partial charge in [-0.25, -0.2) is 4.98 Å². The van der Waals surface area contributed by atoms with Crippen LogP contribution in [-0.2, 0) is 9.53 Å². The van der Waals surface area contributed by atoms with Crippen LogP contribution >= 0.6 is 0 Å². The van der Waals surface area contributed by atoms with Gasteiger partial charge < -0.3 is 25.2 Å². The topological polar surface area (TPSA) is 150 Å². The van der Waals surface area contributed by atoms with Crippen LogP contribution < -0.4 is 20.4 Å². The second-order valence-corrected chi connectivity index (χ2v) is 8.54. The SMILES string of the molecule is O=C(Nc1cnccn1)C1CCN1c1nc(Nc2cc(C3CC3)[nH]n2)nc(N2CCOCC2)n1. The highest BCUT2D eigenvalue weighted by atomic mass is 16.5. The van der Waals surface area contributed by atoms with Crippen LogP contribution in [-0.4, -0.2) is 79.9 Å². The summed E-state index contributed by atoms with van der Waals surface area (Å²) in [6.07, 6.45) is 7.68. The van der Waals surface area contributed by atoms with Crippen molar-refractivity contribution >= 4 is 35.4 Å². The molecule has 34 heavy (non-hydrogen) atoms. The van der Waals surface area contributed by atoms with Crippen molar-refractivity contribution in [3.8, 4) is 0 Å². The van der Waals surface area contributed by atoms with Crippen molar-refractivity contribution in [1.29, 1.82) is 0 Å². The molecular weight excluding hydrogens is 438 g/mol. The van der Waals surface area contributed by atoms with Gasteiger partial charge in [-0.2, -0.15) is 20.1 Å². The van der Waals surface area contributed by atoms with Crippen molar-refractivity contribution in [3.63, 3.8) is 0 Å². The lowest BCUT2D eigenvalue weighted by Gasteiger charge is -2.40. The summed E-state index contributed by atoms with van der Waals surface area (Å²) in [7, 11) is 0. The zero-order valence-corrected chi connectivity index (χ0v) is 18.5. The van der Waals surface area contributed by atoms with Crippen molar-refractivity contribution in [2.45, 2.75) is 31.2 Å². The molecule has 3 aromatic heterocycles. The van der Waals surface area contributed by atoms with Crippen molar-refractivity contribution in [3.05, 3.63) is 30.4 Å². The molecule has 13 nitrogen and oxygen atoms in total. The van der Waals surface area contributed by atoms with Crippen LogP contribution in [0, 0.1) is 0 Å². The molecule has 0 radical (unpaired) electrons. The Morgan fingerprint density at radius 1 is 1.03 bits per heavy atom. The largest absolute Gasteiger partial charge is 0.378 e. The summed E-state index contributed by atoms with van der Waals surface area (Å²) in [5.74, 6) is 2.85. The van der Waals surface area contributed by atoms with Gasteiger partial charge in [-0.05, 0) is 19.3 Å². The molecule has 1 aliphatic carbocycles. The smallest absolute Gasteiger partial charge is 0.248 e. The maximum Gasteiger partial charge on any atom is 0.248 e. The monoisotopic (exact) mass is 463 g/mol. The van der Waals surface area contributed by atoms with Crippen molar-refractivity contribution in [1.82, 2.24) is 35.1 Å². The second-order valence-electron chi connectivity index (χ2n) is 8.54. The van der Waals surface area contributed by atoms with Crippen LogP contribution in [0.5, 0.6) is 0 Å². The highest BCUT2D eigenvalue weighted by Crippen LogP contribution is 2.39. The maximum atomic E-state index is 12.9. The molecule has 5 heterocycles. The van der Waals surface area contributed by atoms with E-state index in [1.165, 1.54) is 25.2 Å². The summed E-state index contributed by atoms with van der Waals surface area (Å²) >= 11 is 0. The van der Waals surface area contributed by atoms with E-state index in [0.29, 0.717) is 74.7 Å². The zero-order chi connectivity index (χ0) is 22.9. The second kappa shape index (κ2) is 8.82. The van der Waals surface area contributed by atoms with Crippen molar-refractivity contribution in [2.75, 3.05) is 53.3 Å². The molecule has 0 spiro atoms. The van der Waals surface area contributed by atoms with Gasteiger partial charge >= 0.3 is 0 Å². The minimum atomic E-state index is -0.401. The lowest BCUT2D eigenvalue weighted by molar-refractivity contribution is -0.118. The van der Waals surface area contributed by atoms with Crippen LogP contribution in [0.4, 0.5) is 29.5 Å². The standard InChI is InChI=1S/C21H25N11O2/c33-18(24-17-12-22-4-5-23-17)15-3-6-32(15)21-27-19(25-16-11-14(29-30-16)13-1-2-13)26-20(28-21)31-7-9-34-10-8-31/h4-5,11-13,15H,1-3,6-10H2,(H,23,24,33)(H2,25,26,27,28,29,30). The van der Waals surface area contributed by atoms with Crippen LogP contribution in [0.1, 0.15) is 30.9 Å². The average molecular weight is 464 g/mol. The van der Waals surface area contributed by atoms with E-state index >= 15 is 0 Å². The fraction of sp³-hybridized carbons (Fsp3) is 0.476. The van der Waals surface area contributed by atoms with Gasteiger partial charge in [0.25, 0.3) is 0 Å². The molecule has 0 bridgehead atoms. The molecule has 1 saturated carbocycles. The van der Waals surface area contributed by atoms with E-state index in [0.717, 1.165) is 5.69 Å². The van der Waals surface area contributed by atoms with E-state index < -0.39 is 6.04 Å². The first kappa shape index (κ1) is 20.7. The molecule has 13 heteroatoms. The number of morpholine rings is 1. The van der Waals surface area contributed by atoms with Crippen molar-refractivity contribution in [2.24, 2.45) is 0 Å². The number of hydrogen-bond acceptors (Lipinski definition) is 11. The number of aromatic nitrogens is 7. The number of ether oxygens (including phenoxy) is 1. The van der Waals surface area contributed by atoms with Gasteiger partial charge in [-0.15, -0.1) is 0 Å². The van der Waals surface area contributed by atoms with Crippen LogP contribution in [0.25, 0.3) is 0 Å². The first-order valence-corrected chi connectivity index (χ1v) is 11.5. The quantitative estimate of drug-likeness (QED) is 0.461. The normalized spacial score (nSPS) is 20.1. The summed E-state index contributed by atoms with van der Waals surface area (Å²) in [6.45, 7) is 3.27. The van der Waals surface area contributed by atoms with E-state index in [1.54, 1.807) is 6.20 Å². The van der Waals surface area contributed by atoms with E-state index in [4.69, 9.17) is 9.72 Å². The van der Waals surface area contributed by atoms with E-state index in [-0.39, 0.29) is 5.91 Å². The number of rotatable bonds is 7. The summed E-state index contributed by atoms with van der Waals surface area (Å²) in [6, 6.07) is 1.60. The molecule has 2 saturated heterocycles. The average Bonchev–Trinajstić information content (AvgIpc) is 3.58. The van der Waals surface area contributed by atoms with Gasteiger partial charge in [-0.1, -0.05) is 0 Å². The number of nitrogens with one attached hydrogen (secondary N) is 3. The Hall–Kier alpha value is -3.87. The van der Waals surface area contributed by atoms with Crippen LogP contribution in [0.15, 0.2) is 24.7 Å². The number of carbonyl (C=O) groups excluding carboxylic acids is 1. The Balaban J connectivity index is 1.25. The van der Waals surface area contributed by atoms with Gasteiger partial charge in [0.1, 0.15) is 6.04 Å².